The van der Waals surface area contributed by atoms with E-state index in [1.54, 1.807) is 32.2 Å². The number of carbonyl (C=O) groups excluding carboxylic acids is 4. The SMILES string of the molecule is CC(=O)C1OC(Oc2ccc(COC(=O)N(C)COC(C)Cc3ccccc3)cc2N)[C@@H](C)[C@@H](C)C1C.CC(=O)Nc1cc(COC(=O)N(C)COC(C)Cc2ccccc2)ccc1OC1OC(C(=O)O)C(O)[C@H](O)[C@@H]1O. The van der Waals surface area contributed by atoms with Crippen LogP contribution in [0.4, 0.5) is 21.0 Å². The van der Waals surface area contributed by atoms with Crippen LogP contribution in [0.15, 0.2) is 97.1 Å². The van der Waals surface area contributed by atoms with E-state index in [4.69, 9.17) is 43.6 Å². The lowest BCUT2D eigenvalue weighted by Gasteiger charge is -2.42. The van der Waals surface area contributed by atoms with E-state index in [-0.39, 0.29) is 73.9 Å². The minimum atomic E-state index is -1.88. The standard InChI is InChI=1S/C29H40N2O6.C27H34N2O11/c1-18(14-23-10-8-7-9-11-23)35-17-31(6)29(33)34-16-24-12-13-26(25(30)15-24)36-28-21(4)19(2)20(3)27(37-28)22(5)32;1-15(11-17-7-5-4-6-8-17)38-14-29(3)27(36)37-13-18-9-10-20(19(12-18)28-16(2)30)39-26-23(33)21(31)22(32)24(40-26)25(34)35/h7-13,15,18-21,27-28H,14,16-17,30H2,1-6H3;4-10,12,15,21-24,26,31-33H,11,13-14H2,1-3H3,(H,28,30)(H,34,35)/t18?,19-,20?,21-,27?,28?;15?,21-,22?,23-,24?,26?/m00/s1. The first-order chi connectivity index (χ1) is 36.5. The summed E-state index contributed by atoms with van der Waals surface area (Å²) in [5, 5.41) is 41.9. The molecule has 21 heteroatoms. The number of ketones is 1. The fraction of sp³-hybridized carbons (Fsp3) is 0.482. The molecule has 77 heavy (non-hydrogen) atoms. The van der Waals surface area contributed by atoms with E-state index < -0.39 is 67.2 Å². The maximum absolute atomic E-state index is 12.5. The van der Waals surface area contributed by atoms with Gasteiger partial charge in [0, 0.05) is 26.9 Å². The monoisotopic (exact) mass is 1070 g/mol. The molecule has 2 saturated heterocycles. The van der Waals surface area contributed by atoms with Crippen LogP contribution < -0.4 is 20.5 Å². The second kappa shape index (κ2) is 29.0. The van der Waals surface area contributed by atoms with E-state index in [1.807, 2.05) is 81.4 Å². The van der Waals surface area contributed by atoms with Crippen LogP contribution in [-0.2, 0) is 68.9 Å². The fourth-order valence-electron chi connectivity index (χ4n) is 8.35. The van der Waals surface area contributed by atoms with Crippen molar-refractivity contribution in [2.45, 2.75) is 130 Å². The van der Waals surface area contributed by atoms with Gasteiger partial charge in [-0.05, 0) is 92.0 Å². The summed E-state index contributed by atoms with van der Waals surface area (Å²) in [7, 11) is 3.16. The molecule has 2 aliphatic rings. The Labute approximate surface area is 449 Å². The number of nitrogens with zero attached hydrogens (tertiary/aromatic N) is 2. The third-order valence-electron chi connectivity index (χ3n) is 13.2. The second-order valence-electron chi connectivity index (χ2n) is 19.6. The number of ether oxygens (including phenoxy) is 8. The molecule has 12 atom stereocenters. The van der Waals surface area contributed by atoms with E-state index in [0.717, 1.165) is 17.5 Å². The predicted octanol–water partition coefficient (Wildman–Crippen LogP) is 6.13. The van der Waals surface area contributed by atoms with Gasteiger partial charge in [-0.25, -0.2) is 14.4 Å². The number of anilines is 2. The Balaban J connectivity index is 0.000000285. The number of benzene rings is 4. The Morgan fingerprint density at radius 1 is 0.610 bits per heavy atom. The molecule has 3 amide bonds. The molecule has 6 rings (SSSR count). The van der Waals surface area contributed by atoms with Gasteiger partial charge < -0.3 is 69.4 Å². The molecule has 0 aliphatic carbocycles. The van der Waals surface area contributed by atoms with Gasteiger partial charge in [0.05, 0.1) is 23.6 Å². The number of carboxylic acids is 1. The molecule has 0 radical (unpaired) electrons. The van der Waals surface area contributed by atoms with Crippen molar-refractivity contribution in [1.82, 2.24) is 9.80 Å². The van der Waals surface area contributed by atoms with Crippen molar-refractivity contribution in [2.24, 2.45) is 17.8 Å². The number of nitrogen functional groups attached to an aromatic ring is 1. The average molecular weight is 1080 g/mol. The number of nitrogens with two attached hydrogens (primary N) is 1. The number of carbonyl (C=O) groups is 5. The second-order valence-corrected chi connectivity index (χ2v) is 19.6. The number of nitrogens with one attached hydrogen (secondary N) is 1. The number of rotatable bonds is 21. The lowest BCUT2D eigenvalue weighted by Crippen LogP contribution is -2.61. The number of hydrogen-bond donors (Lipinski definition) is 6. The first-order valence-electron chi connectivity index (χ1n) is 25.3. The molecule has 0 spiro atoms. The lowest BCUT2D eigenvalue weighted by atomic mass is 9.78. The molecule has 7 N–H and O–H groups in total. The minimum Gasteiger partial charge on any atom is -0.479 e. The first-order valence-corrected chi connectivity index (χ1v) is 25.3. The van der Waals surface area contributed by atoms with Crippen LogP contribution in [0, 0.1) is 17.8 Å². The molecule has 4 aromatic rings. The highest BCUT2D eigenvalue weighted by Gasteiger charge is 2.48. The highest BCUT2D eigenvalue weighted by atomic mass is 16.7. The molecule has 0 aromatic heterocycles. The van der Waals surface area contributed by atoms with Crippen LogP contribution in [0.25, 0.3) is 0 Å². The molecule has 0 bridgehead atoms. The predicted molar refractivity (Wildman–Crippen MR) is 281 cm³/mol. The van der Waals surface area contributed by atoms with Crippen LogP contribution in [0.3, 0.4) is 0 Å². The Morgan fingerprint density at radius 3 is 1.57 bits per heavy atom. The van der Waals surface area contributed by atoms with Crippen molar-refractivity contribution in [1.29, 1.82) is 0 Å². The number of amides is 3. The summed E-state index contributed by atoms with van der Waals surface area (Å²) >= 11 is 0. The number of hydrogen-bond acceptors (Lipinski definition) is 17. The number of aliphatic hydroxyl groups is 3. The van der Waals surface area contributed by atoms with Crippen molar-refractivity contribution in [3.8, 4) is 11.5 Å². The van der Waals surface area contributed by atoms with Crippen LogP contribution in [0.2, 0.25) is 0 Å². The maximum Gasteiger partial charge on any atom is 0.411 e. The molecule has 4 aromatic carbocycles. The molecule has 420 valence electrons. The molecular weight excluding hydrogens is 1000 g/mol. The molecule has 2 fully saturated rings. The van der Waals surface area contributed by atoms with E-state index in [9.17, 15) is 44.4 Å². The van der Waals surface area contributed by atoms with Gasteiger partial charge in [-0.15, -0.1) is 0 Å². The zero-order chi connectivity index (χ0) is 56.5. The number of aliphatic hydroxyl groups excluding tert-OH is 3. The minimum absolute atomic E-state index is 0.00833. The summed E-state index contributed by atoms with van der Waals surface area (Å²) in [6.07, 6.45) is -9.99. The Hall–Kier alpha value is -6.85. The van der Waals surface area contributed by atoms with Gasteiger partial charge in [0.1, 0.15) is 62.6 Å². The van der Waals surface area contributed by atoms with E-state index in [2.05, 4.69) is 19.2 Å². The number of carboxylic acid groups (broad SMARTS) is 1. The summed E-state index contributed by atoms with van der Waals surface area (Å²) in [4.78, 5) is 62.7. The fourth-order valence-corrected chi connectivity index (χ4v) is 8.35. The summed E-state index contributed by atoms with van der Waals surface area (Å²) in [5.41, 5.74) is 10.2. The summed E-state index contributed by atoms with van der Waals surface area (Å²) in [6.45, 7) is 12.9. The Morgan fingerprint density at radius 2 is 1.09 bits per heavy atom. The molecule has 8 unspecified atom stereocenters. The highest BCUT2D eigenvalue weighted by molar-refractivity contribution is 5.90. The van der Waals surface area contributed by atoms with Gasteiger partial charge in [-0.1, -0.05) is 93.6 Å². The van der Waals surface area contributed by atoms with Gasteiger partial charge in [-0.2, -0.15) is 0 Å². The molecule has 2 heterocycles. The third-order valence-corrected chi connectivity index (χ3v) is 13.2. The van der Waals surface area contributed by atoms with E-state index >= 15 is 0 Å². The Bertz CT molecular complexity index is 2560. The van der Waals surface area contributed by atoms with Gasteiger partial charge in [0.15, 0.2) is 11.9 Å². The maximum atomic E-state index is 12.5. The first kappa shape index (κ1) is 61.0. The van der Waals surface area contributed by atoms with Gasteiger partial charge in [0.2, 0.25) is 18.5 Å². The largest absolute Gasteiger partial charge is 0.479 e. The molecule has 0 saturated carbocycles. The van der Waals surface area contributed by atoms with Crippen LogP contribution >= 0.6 is 0 Å². The summed E-state index contributed by atoms with van der Waals surface area (Å²) < 4.78 is 45.0. The van der Waals surface area contributed by atoms with Crippen molar-refractivity contribution in [3.63, 3.8) is 0 Å². The zero-order valence-corrected chi connectivity index (χ0v) is 45.0. The van der Waals surface area contributed by atoms with Gasteiger partial charge >= 0.3 is 18.2 Å². The smallest absolute Gasteiger partial charge is 0.411 e. The molecule has 21 nitrogen and oxygen atoms in total. The summed E-state index contributed by atoms with van der Waals surface area (Å²) in [5.74, 6) is -1.16. The van der Waals surface area contributed by atoms with Gasteiger partial charge in [0.25, 0.3) is 0 Å². The molecular formula is C56H74N4O17. The van der Waals surface area contributed by atoms with Crippen molar-refractivity contribution in [2.75, 3.05) is 38.6 Å². The van der Waals surface area contributed by atoms with Crippen molar-refractivity contribution >= 4 is 41.2 Å². The van der Waals surface area contributed by atoms with Crippen molar-refractivity contribution < 1.29 is 82.3 Å². The quantitative estimate of drug-likeness (QED) is 0.0404. The van der Waals surface area contributed by atoms with E-state index in [0.29, 0.717) is 23.4 Å². The average Bonchev–Trinajstić information content (AvgIpc) is 3.40. The van der Waals surface area contributed by atoms with Gasteiger partial charge in [-0.3, -0.25) is 19.4 Å². The zero-order valence-electron chi connectivity index (χ0n) is 45.0. The lowest BCUT2D eigenvalue weighted by molar-refractivity contribution is -0.271. The topological polar surface area (TPSA) is 285 Å². The van der Waals surface area contributed by atoms with E-state index in [1.165, 1.54) is 47.5 Å². The molecule has 2 aliphatic heterocycles. The Kier molecular flexibility index (Phi) is 23.0. The number of aliphatic carboxylic acids is 1. The summed E-state index contributed by atoms with van der Waals surface area (Å²) in [6, 6.07) is 29.5. The third kappa shape index (κ3) is 18.1. The van der Waals surface area contributed by atoms with Crippen molar-refractivity contribution in [3.05, 3.63) is 119 Å². The van der Waals surface area contributed by atoms with Crippen LogP contribution in [0.1, 0.15) is 70.7 Å². The van der Waals surface area contributed by atoms with Crippen LogP contribution in [0.5, 0.6) is 11.5 Å². The highest BCUT2D eigenvalue weighted by Crippen LogP contribution is 2.38. The normalized spacial score (nSPS) is 23.6. The number of Topliss-reactive ketones (excluding diaryl/α,β-unsaturated/α-hetero) is 1. The van der Waals surface area contributed by atoms with Crippen LogP contribution in [-0.4, -0.2) is 143 Å².